The number of halogens is 1. The minimum absolute atomic E-state index is 0.257. The minimum Gasteiger partial charge on any atom is -0.338 e. The molecule has 120 valence electrons. The molecule has 0 saturated heterocycles. The Morgan fingerprint density at radius 2 is 1.79 bits per heavy atom. The van der Waals surface area contributed by atoms with E-state index in [0.717, 1.165) is 21.4 Å². The maximum atomic E-state index is 12.1. The summed E-state index contributed by atoms with van der Waals surface area (Å²) in [5.74, 6) is 0.271. The van der Waals surface area contributed by atoms with Gasteiger partial charge in [0.1, 0.15) is 0 Å². The number of benzene rings is 2. The van der Waals surface area contributed by atoms with Gasteiger partial charge in [-0.2, -0.15) is 0 Å². The largest absolute Gasteiger partial charge is 0.338 e. The molecule has 0 atom stereocenters. The van der Waals surface area contributed by atoms with Crippen molar-refractivity contribution in [1.29, 1.82) is 0 Å². The number of amides is 1. The average Bonchev–Trinajstić information content (AvgIpc) is 2.59. The monoisotopic (exact) mass is 382 g/mol. The van der Waals surface area contributed by atoms with Crippen molar-refractivity contribution < 1.29 is 4.79 Å². The molecule has 0 aliphatic carbocycles. The topological polar surface area (TPSA) is 66.9 Å². The molecule has 3 aromatic rings. The third-order valence-electron chi connectivity index (χ3n) is 3.32. The number of carbonyl (C=O) groups is 1. The number of rotatable bonds is 4. The van der Waals surface area contributed by atoms with Crippen LogP contribution in [0.25, 0.3) is 0 Å². The van der Waals surface area contributed by atoms with Gasteiger partial charge in [-0.15, -0.1) is 10.2 Å². The van der Waals surface area contributed by atoms with Crippen LogP contribution >= 0.6 is 15.9 Å². The van der Waals surface area contributed by atoms with Crippen molar-refractivity contribution in [3.63, 3.8) is 0 Å². The summed E-state index contributed by atoms with van der Waals surface area (Å²) in [7, 11) is 0. The Balaban J connectivity index is 1.70. The quantitative estimate of drug-likeness (QED) is 0.694. The summed E-state index contributed by atoms with van der Waals surface area (Å²) >= 11 is 3.50. The Morgan fingerprint density at radius 3 is 2.46 bits per heavy atom. The van der Waals surface area contributed by atoms with E-state index in [0.29, 0.717) is 5.82 Å². The molecule has 24 heavy (non-hydrogen) atoms. The van der Waals surface area contributed by atoms with Gasteiger partial charge in [-0.3, -0.25) is 4.79 Å². The molecule has 0 radical (unpaired) electrons. The zero-order valence-corrected chi connectivity index (χ0v) is 14.5. The third-order valence-corrected chi connectivity index (χ3v) is 3.97. The number of aryl methyl sites for hydroxylation is 1. The van der Waals surface area contributed by atoms with Gasteiger partial charge in [0.2, 0.25) is 0 Å². The van der Waals surface area contributed by atoms with Crippen LogP contribution in [-0.2, 0) is 0 Å². The van der Waals surface area contributed by atoms with Gasteiger partial charge in [-0.05, 0) is 64.8 Å². The predicted octanol–water partition coefficient (Wildman–Crippen LogP) is 4.54. The summed E-state index contributed by atoms with van der Waals surface area (Å²) in [5.41, 5.74) is 3.02. The van der Waals surface area contributed by atoms with Crippen LogP contribution in [0, 0.1) is 6.92 Å². The number of nitrogens with one attached hydrogen (secondary N) is 2. The number of nitrogens with zero attached hydrogens (tertiary/aromatic N) is 2. The van der Waals surface area contributed by atoms with Gasteiger partial charge in [-0.25, -0.2) is 0 Å². The summed E-state index contributed by atoms with van der Waals surface area (Å²) in [6.07, 6.45) is 0. The molecule has 0 bridgehead atoms. The van der Waals surface area contributed by atoms with Crippen LogP contribution < -0.4 is 10.6 Å². The molecule has 5 nitrogen and oxygen atoms in total. The van der Waals surface area contributed by atoms with E-state index in [1.54, 1.807) is 12.1 Å². The highest BCUT2D eigenvalue weighted by Crippen LogP contribution is 2.25. The van der Waals surface area contributed by atoms with Crippen LogP contribution in [-0.4, -0.2) is 16.1 Å². The van der Waals surface area contributed by atoms with Gasteiger partial charge in [0.25, 0.3) is 5.91 Å². The standard InChI is InChI=1S/C18H15BrN4O/c1-12-7-8-15(14(19)11-12)21-17-10-9-16(22-23-17)18(24)20-13-5-3-2-4-6-13/h2-11H,1H3,(H,20,24)(H,21,23). The van der Waals surface area contributed by atoms with E-state index in [4.69, 9.17) is 0 Å². The molecule has 0 fully saturated rings. The SMILES string of the molecule is Cc1ccc(Nc2ccc(C(=O)Nc3ccccc3)nn2)c(Br)c1. The molecular weight excluding hydrogens is 368 g/mol. The average molecular weight is 383 g/mol. The lowest BCUT2D eigenvalue weighted by molar-refractivity contribution is 0.102. The first-order valence-corrected chi connectivity index (χ1v) is 8.14. The number of aromatic nitrogens is 2. The Morgan fingerprint density at radius 1 is 1.00 bits per heavy atom. The maximum absolute atomic E-state index is 12.1. The van der Waals surface area contributed by atoms with Crippen molar-refractivity contribution in [3.8, 4) is 0 Å². The summed E-state index contributed by atoms with van der Waals surface area (Å²) in [6.45, 7) is 2.02. The highest BCUT2D eigenvalue weighted by molar-refractivity contribution is 9.10. The fourth-order valence-electron chi connectivity index (χ4n) is 2.10. The van der Waals surface area contributed by atoms with E-state index in [1.165, 1.54) is 0 Å². The van der Waals surface area contributed by atoms with Crippen LogP contribution in [0.3, 0.4) is 0 Å². The summed E-state index contributed by atoms with van der Waals surface area (Å²) in [6, 6.07) is 18.6. The van der Waals surface area contributed by atoms with E-state index < -0.39 is 0 Å². The second kappa shape index (κ2) is 7.23. The first-order chi connectivity index (χ1) is 11.6. The first-order valence-electron chi connectivity index (χ1n) is 7.35. The lowest BCUT2D eigenvalue weighted by atomic mass is 10.2. The molecule has 2 aromatic carbocycles. The van der Waals surface area contributed by atoms with Gasteiger partial charge < -0.3 is 10.6 Å². The molecule has 3 rings (SSSR count). The fourth-order valence-corrected chi connectivity index (χ4v) is 2.69. The van der Waals surface area contributed by atoms with Gasteiger partial charge in [0.15, 0.2) is 11.5 Å². The van der Waals surface area contributed by atoms with Crippen LogP contribution in [0.2, 0.25) is 0 Å². The van der Waals surface area contributed by atoms with E-state index in [1.807, 2.05) is 55.5 Å². The Kier molecular flexibility index (Phi) is 4.86. The Bertz CT molecular complexity index is 851. The molecule has 1 amide bonds. The molecular formula is C18H15BrN4O. The van der Waals surface area contributed by atoms with Crippen molar-refractivity contribution in [3.05, 3.63) is 76.4 Å². The van der Waals surface area contributed by atoms with Gasteiger partial charge >= 0.3 is 0 Å². The predicted molar refractivity (Wildman–Crippen MR) is 98.6 cm³/mol. The van der Waals surface area contributed by atoms with Crippen molar-refractivity contribution in [2.75, 3.05) is 10.6 Å². The second-order valence-electron chi connectivity index (χ2n) is 5.23. The van der Waals surface area contributed by atoms with E-state index in [2.05, 4.69) is 36.8 Å². The van der Waals surface area contributed by atoms with E-state index in [9.17, 15) is 4.79 Å². The number of anilines is 3. The van der Waals surface area contributed by atoms with Gasteiger partial charge in [0, 0.05) is 10.2 Å². The first kappa shape index (κ1) is 16.1. The van der Waals surface area contributed by atoms with Crippen molar-refractivity contribution in [2.45, 2.75) is 6.92 Å². The molecule has 1 aromatic heterocycles. The van der Waals surface area contributed by atoms with Gasteiger partial charge in [0.05, 0.1) is 5.69 Å². The number of para-hydroxylation sites is 1. The zero-order chi connectivity index (χ0) is 16.9. The Labute approximate surface area is 148 Å². The molecule has 6 heteroatoms. The molecule has 0 spiro atoms. The van der Waals surface area contributed by atoms with Crippen molar-refractivity contribution in [1.82, 2.24) is 10.2 Å². The minimum atomic E-state index is -0.295. The molecule has 0 unspecified atom stereocenters. The lowest BCUT2D eigenvalue weighted by Crippen LogP contribution is -2.14. The third kappa shape index (κ3) is 3.97. The van der Waals surface area contributed by atoms with Crippen LogP contribution in [0.1, 0.15) is 16.1 Å². The molecule has 0 saturated carbocycles. The fraction of sp³-hybridized carbons (Fsp3) is 0.0556. The second-order valence-corrected chi connectivity index (χ2v) is 6.09. The van der Waals surface area contributed by atoms with Crippen molar-refractivity contribution in [2.24, 2.45) is 0 Å². The Hall–Kier alpha value is -2.73. The smallest absolute Gasteiger partial charge is 0.276 e. The van der Waals surface area contributed by atoms with Crippen LogP contribution in [0.15, 0.2) is 65.1 Å². The maximum Gasteiger partial charge on any atom is 0.276 e. The lowest BCUT2D eigenvalue weighted by Gasteiger charge is -2.08. The number of hydrogen-bond acceptors (Lipinski definition) is 4. The summed E-state index contributed by atoms with van der Waals surface area (Å²) < 4.78 is 0.940. The van der Waals surface area contributed by atoms with Crippen LogP contribution in [0.5, 0.6) is 0 Å². The summed E-state index contributed by atoms with van der Waals surface area (Å²) in [4.78, 5) is 12.1. The van der Waals surface area contributed by atoms with Crippen LogP contribution in [0.4, 0.5) is 17.2 Å². The number of hydrogen-bond donors (Lipinski definition) is 2. The van der Waals surface area contributed by atoms with Crippen molar-refractivity contribution >= 4 is 39.0 Å². The molecule has 1 heterocycles. The normalized spacial score (nSPS) is 10.2. The number of carbonyl (C=O) groups excluding carboxylic acids is 1. The molecule has 0 aliphatic heterocycles. The highest BCUT2D eigenvalue weighted by Gasteiger charge is 2.09. The zero-order valence-electron chi connectivity index (χ0n) is 13.0. The van der Waals surface area contributed by atoms with E-state index >= 15 is 0 Å². The molecule has 0 aliphatic rings. The summed E-state index contributed by atoms with van der Waals surface area (Å²) in [5, 5.41) is 14.0. The van der Waals surface area contributed by atoms with Gasteiger partial charge in [-0.1, -0.05) is 24.3 Å². The highest BCUT2D eigenvalue weighted by atomic mass is 79.9. The van der Waals surface area contributed by atoms with E-state index in [-0.39, 0.29) is 11.6 Å². The molecule has 2 N–H and O–H groups in total.